The second-order valence-electron chi connectivity index (χ2n) is 2.99. The third-order valence-electron chi connectivity index (χ3n) is 1.94. The van der Waals surface area contributed by atoms with Gasteiger partial charge < -0.3 is 4.42 Å². The van der Waals surface area contributed by atoms with Crippen LogP contribution in [0.3, 0.4) is 0 Å². The molecule has 0 spiro atoms. The Morgan fingerprint density at radius 3 is 2.93 bits per heavy atom. The number of rotatable bonds is 3. The predicted octanol–water partition coefficient (Wildman–Crippen LogP) is 3.65. The molecule has 0 unspecified atom stereocenters. The number of fused-ring (bicyclic) bond motifs is 1. The van der Waals surface area contributed by atoms with E-state index in [1.54, 1.807) is 6.07 Å². The Labute approximate surface area is 91.8 Å². The number of alkyl halides is 1. The molecule has 0 aliphatic heterocycles. The highest BCUT2D eigenvalue weighted by atomic mass is 35.5. The van der Waals surface area contributed by atoms with Crippen LogP contribution < -0.4 is 0 Å². The van der Waals surface area contributed by atoms with Crippen LogP contribution in [-0.4, -0.2) is 10.9 Å². The van der Waals surface area contributed by atoms with Crippen molar-refractivity contribution in [2.24, 2.45) is 0 Å². The van der Waals surface area contributed by atoms with Gasteiger partial charge in [-0.15, -0.1) is 11.6 Å². The first kappa shape index (κ1) is 9.81. The molecule has 2 aromatic rings. The van der Waals surface area contributed by atoms with E-state index >= 15 is 0 Å². The van der Waals surface area contributed by atoms with Crippen LogP contribution in [0.15, 0.2) is 22.6 Å². The molecule has 0 fully saturated rings. The van der Waals surface area contributed by atoms with Crippen molar-refractivity contribution in [1.29, 1.82) is 0 Å². The molecule has 1 heterocycles. The fourth-order valence-electron chi connectivity index (χ4n) is 1.29. The van der Waals surface area contributed by atoms with Crippen molar-refractivity contribution < 1.29 is 4.42 Å². The summed E-state index contributed by atoms with van der Waals surface area (Å²) in [6.07, 6.45) is 1.63. The van der Waals surface area contributed by atoms with Crippen molar-refractivity contribution >= 4 is 34.3 Å². The number of benzene rings is 1. The number of hydrogen-bond acceptors (Lipinski definition) is 2. The van der Waals surface area contributed by atoms with Crippen LogP contribution in [0.4, 0.5) is 0 Å². The van der Waals surface area contributed by atoms with Crippen molar-refractivity contribution in [2.75, 3.05) is 5.88 Å². The number of oxazole rings is 1. The van der Waals surface area contributed by atoms with Gasteiger partial charge >= 0.3 is 0 Å². The van der Waals surface area contributed by atoms with Gasteiger partial charge in [0.25, 0.3) is 0 Å². The van der Waals surface area contributed by atoms with E-state index in [9.17, 15) is 0 Å². The van der Waals surface area contributed by atoms with Gasteiger partial charge in [-0.05, 0) is 18.6 Å². The topological polar surface area (TPSA) is 26.0 Å². The van der Waals surface area contributed by atoms with E-state index in [-0.39, 0.29) is 0 Å². The van der Waals surface area contributed by atoms with Crippen molar-refractivity contribution in [3.8, 4) is 0 Å². The summed E-state index contributed by atoms with van der Waals surface area (Å²) in [6, 6.07) is 5.54. The highest BCUT2D eigenvalue weighted by molar-refractivity contribution is 6.34. The Morgan fingerprint density at radius 2 is 2.21 bits per heavy atom. The van der Waals surface area contributed by atoms with Crippen molar-refractivity contribution in [3.63, 3.8) is 0 Å². The minimum Gasteiger partial charge on any atom is -0.439 e. The zero-order valence-electron chi connectivity index (χ0n) is 7.46. The van der Waals surface area contributed by atoms with Crippen LogP contribution in [-0.2, 0) is 6.42 Å². The molecule has 2 rings (SSSR count). The van der Waals surface area contributed by atoms with Gasteiger partial charge in [0.2, 0.25) is 0 Å². The Morgan fingerprint density at radius 1 is 1.36 bits per heavy atom. The van der Waals surface area contributed by atoms with Gasteiger partial charge in [0.15, 0.2) is 11.5 Å². The lowest BCUT2D eigenvalue weighted by Crippen LogP contribution is -1.84. The largest absolute Gasteiger partial charge is 0.439 e. The van der Waals surface area contributed by atoms with E-state index in [0.29, 0.717) is 22.4 Å². The van der Waals surface area contributed by atoms with Crippen LogP contribution in [0.2, 0.25) is 5.02 Å². The molecule has 1 aromatic heterocycles. The fourth-order valence-corrected chi connectivity index (χ4v) is 1.63. The monoisotopic (exact) mass is 229 g/mol. The summed E-state index contributed by atoms with van der Waals surface area (Å²) in [5.74, 6) is 1.32. The van der Waals surface area contributed by atoms with Gasteiger partial charge in [0.1, 0.15) is 5.52 Å². The van der Waals surface area contributed by atoms with Crippen LogP contribution in [0.25, 0.3) is 11.1 Å². The van der Waals surface area contributed by atoms with Crippen LogP contribution >= 0.6 is 23.2 Å². The smallest absolute Gasteiger partial charge is 0.195 e. The molecule has 0 aliphatic rings. The summed E-state index contributed by atoms with van der Waals surface area (Å²) >= 11 is 11.5. The highest BCUT2D eigenvalue weighted by Crippen LogP contribution is 2.24. The van der Waals surface area contributed by atoms with E-state index in [1.165, 1.54) is 0 Å². The molecule has 4 heteroatoms. The molecule has 0 saturated carbocycles. The van der Waals surface area contributed by atoms with Gasteiger partial charge in [-0.2, -0.15) is 0 Å². The maximum absolute atomic E-state index is 5.94. The molecule has 0 atom stereocenters. The molecule has 0 aliphatic carbocycles. The zero-order valence-corrected chi connectivity index (χ0v) is 8.98. The summed E-state index contributed by atoms with van der Waals surface area (Å²) in [5.41, 5.74) is 1.47. The average Bonchev–Trinajstić information content (AvgIpc) is 2.59. The van der Waals surface area contributed by atoms with Crippen LogP contribution in [0.1, 0.15) is 12.3 Å². The fraction of sp³-hybridized carbons (Fsp3) is 0.300. The SMILES string of the molecule is ClCCCc1nc2cccc(Cl)c2o1. The molecule has 2 nitrogen and oxygen atoms in total. The molecule has 0 bridgehead atoms. The first-order valence-corrected chi connectivity index (χ1v) is 5.32. The molecule has 1 aromatic carbocycles. The minimum absolute atomic E-state index is 0.604. The molecule has 0 saturated heterocycles. The van der Waals surface area contributed by atoms with Crippen molar-refractivity contribution in [1.82, 2.24) is 4.98 Å². The molecule has 14 heavy (non-hydrogen) atoms. The van der Waals surface area contributed by atoms with E-state index in [2.05, 4.69) is 4.98 Å². The van der Waals surface area contributed by atoms with Crippen molar-refractivity contribution in [2.45, 2.75) is 12.8 Å². The normalized spacial score (nSPS) is 11.0. The first-order chi connectivity index (χ1) is 6.81. The third-order valence-corrected chi connectivity index (χ3v) is 2.50. The maximum Gasteiger partial charge on any atom is 0.195 e. The second-order valence-corrected chi connectivity index (χ2v) is 3.77. The standard InChI is InChI=1S/C10H9Cl2NO/c11-6-2-5-9-13-8-4-1-3-7(12)10(8)14-9/h1,3-4H,2,5-6H2. The molecular weight excluding hydrogens is 221 g/mol. The first-order valence-electron chi connectivity index (χ1n) is 4.41. The highest BCUT2D eigenvalue weighted by Gasteiger charge is 2.07. The number of nitrogens with zero attached hydrogens (tertiary/aromatic N) is 1. The van der Waals surface area contributed by atoms with Gasteiger partial charge in [0, 0.05) is 12.3 Å². The molecule has 0 radical (unpaired) electrons. The third kappa shape index (κ3) is 1.86. The van der Waals surface area contributed by atoms with Gasteiger partial charge in [0.05, 0.1) is 5.02 Å². The summed E-state index contributed by atoms with van der Waals surface area (Å²) in [6.45, 7) is 0. The Bertz CT molecular complexity index is 439. The molecule has 0 amide bonds. The lowest BCUT2D eigenvalue weighted by molar-refractivity contribution is 0.526. The van der Waals surface area contributed by atoms with Gasteiger partial charge in [-0.1, -0.05) is 17.7 Å². The van der Waals surface area contributed by atoms with Crippen LogP contribution in [0.5, 0.6) is 0 Å². The minimum atomic E-state index is 0.604. The average molecular weight is 230 g/mol. The van der Waals surface area contributed by atoms with Gasteiger partial charge in [-0.25, -0.2) is 4.98 Å². The summed E-state index contributed by atoms with van der Waals surface area (Å²) in [5, 5.41) is 0.604. The Hall–Kier alpha value is -0.730. The molecule has 0 N–H and O–H groups in total. The number of aryl methyl sites for hydroxylation is 1. The van der Waals surface area contributed by atoms with Crippen molar-refractivity contribution in [3.05, 3.63) is 29.1 Å². The maximum atomic E-state index is 5.94. The number of aromatic nitrogens is 1. The number of hydrogen-bond donors (Lipinski definition) is 0. The zero-order chi connectivity index (χ0) is 9.97. The van der Waals surface area contributed by atoms with Gasteiger partial charge in [-0.3, -0.25) is 0 Å². The quantitative estimate of drug-likeness (QED) is 0.752. The predicted molar refractivity (Wildman–Crippen MR) is 58.1 cm³/mol. The Balaban J connectivity index is 2.36. The number of para-hydroxylation sites is 1. The second kappa shape index (κ2) is 4.20. The van der Waals surface area contributed by atoms with Crippen LogP contribution in [0, 0.1) is 0 Å². The van der Waals surface area contributed by atoms with E-state index in [1.807, 2.05) is 12.1 Å². The summed E-state index contributed by atoms with van der Waals surface area (Å²) in [7, 11) is 0. The van der Waals surface area contributed by atoms with E-state index in [0.717, 1.165) is 18.4 Å². The molecular formula is C10H9Cl2NO. The summed E-state index contributed by atoms with van der Waals surface area (Å²) in [4.78, 5) is 4.30. The Kier molecular flexibility index (Phi) is 2.94. The lowest BCUT2D eigenvalue weighted by atomic mass is 10.3. The molecule has 74 valence electrons. The van der Waals surface area contributed by atoms with E-state index in [4.69, 9.17) is 27.6 Å². The van der Waals surface area contributed by atoms with E-state index < -0.39 is 0 Å². The number of halogens is 2. The lowest BCUT2D eigenvalue weighted by Gasteiger charge is -1.89. The summed E-state index contributed by atoms with van der Waals surface area (Å²) < 4.78 is 5.50.